The van der Waals surface area contributed by atoms with E-state index < -0.39 is 17.7 Å². The first-order chi connectivity index (χ1) is 22.6. The third kappa shape index (κ3) is 10.3. The number of anilines is 2. The van der Waals surface area contributed by atoms with Gasteiger partial charge in [0.1, 0.15) is 17.1 Å². The van der Waals surface area contributed by atoms with E-state index in [2.05, 4.69) is 30.7 Å². The summed E-state index contributed by atoms with van der Waals surface area (Å²) in [6.45, 7) is 1.79. The molecule has 0 amide bonds. The predicted octanol–water partition coefficient (Wildman–Crippen LogP) is 0.997. The summed E-state index contributed by atoms with van der Waals surface area (Å²) in [5, 5.41) is 56.7. The average molecular weight is 691 g/mol. The monoisotopic (exact) mass is 690 g/mol. The Bertz CT molecular complexity index is 2060. The van der Waals surface area contributed by atoms with Crippen molar-refractivity contribution < 1.29 is 84.0 Å². The number of carbonyl (C=O) groups is 2. The van der Waals surface area contributed by atoms with Crippen molar-refractivity contribution >= 4 is 69.2 Å². The number of nitrogen functional groups attached to an aromatic ring is 2. The zero-order valence-corrected chi connectivity index (χ0v) is 31.4. The predicted molar refractivity (Wildman–Crippen MR) is 173 cm³/mol. The number of aromatic hydroxyl groups is 1. The van der Waals surface area contributed by atoms with Gasteiger partial charge in [0.05, 0.1) is 46.1 Å². The van der Waals surface area contributed by atoms with E-state index >= 15 is 0 Å². The Morgan fingerprint density at radius 3 is 1.61 bits per heavy atom. The molecule has 0 saturated heterocycles. The van der Waals surface area contributed by atoms with Gasteiger partial charge < -0.3 is 36.4 Å². The summed E-state index contributed by atoms with van der Waals surface area (Å²) in [7, 11) is 0. The number of hydrogen-bond acceptors (Lipinski definition) is 14. The van der Waals surface area contributed by atoms with Crippen molar-refractivity contribution in [1.29, 1.82) is 0 Å². The number of hydrogen-bond donors (Lipinski definition) is 3. The van der Waals surface area contributed by atoms with Crippen LogP contribution >= 0.6 is 11.8 Å². The summed E-state index contributed by atoms with van der Waals surface area (Å²) < 4.78 is 0. The van der Waals surface area contributed by atoms with Crippen molar-refractivity contribution in [3.05, 3.63) is 114 Å². The summed E-state index contributed by atoms with van der Waals surface area (Å²) in [4.78, 5) is 23.9. The van der Waals surface area contributed by atoms with E-state index in [4.69, 9.17) is 11.5 Å². The number of carbonyl (C=O) groups excluding carboxylic acids is 2. The van der Waals surface area contributed by atoms with Gasteiger partial charge in [-0.25, -0.2) is 0 Å². The number of phenols is 1. The van der Waals surface area contributed by atoms with E-state index in [1.165, 1.54) is 54.2 Å². The third-order valence-electron chi connectivity index (χ3n) is 6.60. The van der Waals surface area contributed by atoms with Gasteiger partial charge in [0.2, 0.25) is 0 Å². The quantitative estimate of drug-likeness (QED) is 0.109. The Hall–Kier alpha value is -4.41. The molecular formula is C33H24N8Na2O5S. The minimum atomic E-state index is -1.50. The smallest absolute Gasteiger partial charge is 0.545 e. The number of aryl methyl sites for hydroxylation is 1. The van der Waals surface area contributed by atoms with Crippen molar-refractivity contribution in [2.75, 3.05) is 11.5 Å². The molecule has 5 aromatic carbocycles. The minimum absolute atomic E-state index is 0. The third-order valence-corrected chi connectivity index (χ3v) is 7.61. The number of aromatic carboxylic acids is 2. The Balaban J connectivity index is 0.00000325. The molecule has 0 unspecified atom stereocenters. The van der Waals surface area contributed by atoms with Gasteiger partial charge in [0.15, 0.2) is 0 Å². The number of carboxylic acids is 2. The van der Waals surface area contributed by atoms with E-state index in [0.29, 0.717) is 34.0 Å². The number of azo groups is 3. The standard InChI is InChI=1S/C33H26N8O5S.2Na/c1-18-16-27(30(35)31(29(18)34)41-38-20-4-2-19(3-5-20)32(43)44)40-37-22-8-13-25(14-9-22)47-24-11-6-21(7-12-24)36-39-23-10-15-28(42)26(17-23)33(45)46;;/h2-17,42H,34-35H2,1H3,(H,43,44)(H,45,46);;/q;2*+1/p-2. The molecule has 234 valence electrons. The SMILES string of the molecule is Cc1cc(N=Nc2ccc(Sc3ccc(N=Nc4ccc(O)c(C(=O)[O-])c4)cc3)cc2)c(N)c(N=Nc2ccc(C(=O)[O-])cc2)c1N.[Na+].[Na+]. The maximum Gasteiger partial charge on any atom is 1.00 e. The molecule has 5 rings (SSSR count). The van der Waals surface area contributed by atoms with Gasteiger partial charge >= 0.3 is 59.1 Å². The Morgan fingerprint density at radius 2 is 1.08 bits per heavy atom. The number of nitrogens with zero attached hydrogens (tertiary/aromatic N) is 6. The molecule has 49 heavy (non-hydrogen) atoms. The summed E-state index contributed by atoms with van der Waals surface area (Å²) >= 11 is 1.52. The van der Waals surface area contributed by atoms with Crippen molar-refractivity contribution in [3.8, 4) is 5.75 Å². The fraction of sp³-hybridized carbons (Fsp3) is 0.0303. The van der Waals surface area contributed by atoms with E-state index in [-0.39, 0.29) is 87.3 Å². The maximum atomic E-state index is 11.1. The molecule has 5 N–H and O–H groups in total. The molecule has 0 atom stereocenters. The van der Waals surface area contributed by atoms with Crippen LogP contribution in [0.25, 0.3) is 0 Å². The molecule has 0 aliphatic heterocycles. The van der Waals surface area contributed by atoms with E-state index in [9.17, 15) is 24.9 Å². The molecule has 0 fully saturated rings. The molecule has 0 bridgehead atoms. The van der Waals surface area contributed by atoms with Gasteiger partial charge in [0, 0.05) is 15.4 Å². The first-order valence-corrected chi connectivity index (χ1v) is 14.6. The Labute approximate surface area is 328 Å². The van der Waals surface area contributed by atoms with Gasteiger partial charge in [-0.05, 0) is 103 Å². The zero-order chi connectivity index (χ0) is 33.5. The van der Waals surface area contributed by atoms with Crippen LogP contribution in [0.3, 0.4) is 0 Å². The molecule has 0 aliphatic carbocycles. The summed E-state index contributed by atoms with van der Waals surface area (Å²) in [6, 6.07) is 26.0. The normalized spacial score (nSPS) is 11.0. The molecule has 13 nitrogen and oxygen atoms in total. The first kappa shape index (κ1) is 39.0. The largest absolute Gasteiger partial charge is 1.00 e. The van der Waals surface area contributed by atoms with Gasteiger partial charge in [0.25, 0.3) is 0 Å². The van der Waals surface area contributed by atoms with Crippen molar-refractivity contribution in [3.63, 3.8) is 0 Å². The van der Waals surface area contributed by atoms with Crippen LogP contribution in [0.1, 0.15) is 26.3 Å². The van der Waals surface area contributed by atoms with Crippen LogP contribution in [0.15, 0.2) is 138 Å². The molecular weight excluding hydrogens is 666 g/mol. The van der Waals surface area contributed by atoms with E-state index in [1.54, 1.807) is 25.1 Å². The van der Waals surface area contributed by atoms with Crippen molar-refractivity contribution in [2.24, 2.45) is 30.7 Å². The van der Waals surface area contributed by atoms with E-state index in [1.807, 2.05) is 36.4 Å². The minimum Gasteiger partial charge on any atom is -0.545 e. The molecule has 0 aromatic heterocycles. The number of carboxylic acid groups (broad SMARTS) is 2. The maximum absolute atomic E-state index is 11.1. The number of benzene rings is 5. The summed E-state index contributed by atoms with van der Waals surface area (Å²) in [5.74, 6) is -3.19. The van der Waals surface area contributed by atoms with Crippen LogP contribution in [0, 0.1) is 6.92 Å². The van der Waals surface area contributed by atoms with Crippen LogP contribution in [-0.4, -0.2) is 17.0 Å². The van der Waals surface area contributed by atoms with Gasteiger partial charge in [-0.2, -0.15) is 20.5 Å². The van der Waals surface area contributed by atoms with Gasteiger partial charge in [-0.15, -0.1) is 10.2 Å². The molecule has 16 heteroatoms. The number of nitrogens with two attached hydrogens (primary N) is 2. The molecule has 0 aliphatic rings. The van der Waals surface area contributed by atoms with Crippen LogP contribution in [0.5, 0.6) is 5.75 Å². The molecule has 0 radical (unpaired) electrons. The van der Waals surface area contributed by atoms with Gasteiger partial charge in [-0.1, -0.05) is 23.9 Å². The summed E-state index contributed by atoms with van der Waals surface area (Å²) in [6.07, 6.45) is 0. The molecule has 0 heterocycles. The topological polar surface area (TPSA) is 227 Å². The van der Waals surface area contributed by atoms with E-state index in [0.717, 1.165) is 9.79 Å². The van der Waals surface area contributed by atoms with Crippen LogP contribution in [0.4, 0.5) is 45.5 Å². The Morgan fingerprint density at radius 1 is 0.612 bits per heavy atom. The van der Waals surface area contributed by atoms with Crippen LogP contribution in [0.2, 0.25) is 0 Å². The fourth-order valence-electron chi connectivity index (χ4n) is 4.05. The first-order valence-electron chi connectivity index (χ1n) is 13.7. The van der Waals surface area contributed by atoms with Crippen molar-refractivity contribution in [1.82, 2.24) is 0 Å². The average Bonchev–Trinajstić information content (AvgIpc) is 3.06. The number of rotatable bonds is 10. The molecule has 0 spiro atoms. The second-order valence-corrected chi connectivity index (χ2v) is 11.0. The second kappa shape index (κ2) is 17.8. The summed E-state index contributed by atoms with van der Waals surface area (Å²) in [5.41, 5.74) is 15.8. The second-order valence-electron chi connectivity index (χ2n) is 9.90. The van der Waals surface area contributed by atoms with Crippen LogP contribution in [-0.2, 0) is 0 Å². The Kier molecular flexibility index (Phi) is 14.2. The zero-order valence-electron chi connectivity index (χ0n) is 26.6. The van der Waals surface area contributed by atoms with Gasteiger partial charge in [-0.3, -0.25) is 0 Å². The molecule has 0 saturated carbocycles. The van der Waals surface area contributed by atoms with Crippen molar-refractivity contribution in [2.45, 2.75) is 16.7 Å². The fourth-order valence-corrected chi connectivity index (χ4v) is 4.87. The molecule has 5 aromatic rings. The van der Waals surface area contributed by atoms with Crippen LogP contribution < -0.4 is 80.8 Å².